The number of anilines is 2. The van der Waals surface area contributed by atoms with Crippen LogP contribution in [0.2, 0.25) is 38.3 Å². The largest absolute Gasteiger partial charge is 0.493 e. The van der Waals surface area contributed by atoms with E-state index in [0.29, 0.717) is 11.5 Å². The van der Waals surface area contributed by atoms with E-state index < -0.39 is 22.1 Å². The van der Waals surface area contributed by atoms with Crippen LogP contribution in [0.1, 0.15) is 16.1 Å². The molecule has 2 N–H and O–H groups in total. The minimum absolute atomic E-state index is 0.0413. The van der Waals surface area contributed by atoms with E-state index in [1.54, 1.807) is 26.3 Å². The topological polar surface area (TPSA) is 117 Å². The Morgan fingerprint density at radius 1 is 0.974 bits per heavy atom. The molecule has 0 fully saturated rings. The Morgan fingerprint density at radius 3 is 2.18 bits per heavy atom. The molecule has 1 aromatic carbocycles. The lowest BCUT2D eigenvalue weighted by Gasteiger charge is -2.41. The van der Waals surface area contributed by atoms with Crippen molar-refractivity contribution in [2.75, 3.05) is 39.0 Å². The van der Waals surface area contributed by atoms with E-state index >= 15 is 0 Å². The highest BCUT2D eigenvalue weighted by Gasteiger charge is 2.42. The molecule has 0 bridgehead atoms. The van der Waals surface area contributed by atoms with Crippen molar-refractivity contribution in [1.82, 2.24) is 9.97 Å². The third-order valence-electron chi connectivity index (χ3n) is 7.18. The molecule has 0 unspecified atom stereocenters. The summed E-state index contributed by atoms with van der Waals surface area (Å²) in [5.41, 5.74) is 1.28. The second kappa shape index (κ2) is 10.3. The summed E-state index contributed by atoms with van der Waals surface area (Å²) in [5.74, 6) is 1.57. The van der Waals surface area contributed by atoms with Gasteiger partial charge in [0, 0.05) is 13.1 Å². The molecule has 1 aliphatic rings. The van der Waals surface area contributed by atoms with E-state index in [-0.39, 0.29) is 35.1 Å². The van der Waals surface area contributed by atoms with Gasteiger partial charge in [-0.15, -0.1) is 0 Å². The van der Waals surface area contributed by atoms with Gasteiger partial charge < -0.3 is 34.0 Å². The number of rotatable bonds is 8. The van der Waals surface area contributed by atoms with Gasteiger partial charge in [-0.2, -0.15) is 9.97 Å². The fourth-order valence-corrected chi connectivity index (χ4v) is 15.9. The molecule has 4 rings (SSSR count). The van der Waals surface area contributed by atoms with E-state index in [0.717, 1.165) is 5.56 Å². The normalized spacial score (nSPS) is 15.3. The minimum Gasteiger partial charge on any atom is -0.493 e. The Bertz CT molecular complexity index is 1350. The SMILES string of the molecule is CNc1nc(OC)c(NC(=O)c2ccc(Oc3c(OC)cc4c(c3C)[Si](C)(C)CC[Si]4(C)C)o2)c(OC)n1. The van der Waals surface area contributed by atoms with Gasteiger partial charge in [0.1, 0.15) is 0 Å². The first-order valence-electron chi connectivity index (χ1n) is 12.4. The number of benzene rings is 1. The lowest BCUT2D eigenvalue weighted by Crippen LogP contribution is -2.64. The van der Waals surface area contributed by atoms with Crippen molar-refractivity contribution in [3.05, 3.63) is 29.5 Å². The first-order chi connectivity index (χ1) is 17.9. The van der Waals surface area contributed by atoms with Gasteiger partial charge in [-0.25, -0.2) is 0 Å². The molecule has 0 saturated heterocycles. The molecule has 0 saturated carbocycles. The van der Waals surface area contributed by atoms with Crippen LogP contribution in [0.4, 0.5) is 11.6 Å². The smallest absolute Gasteiger partial charge is 0.291 e. The molecule has 3 aromatic rings. The zero-order valence-corrected chi connectivity index (χ0v) is 25.5. The predicted octanol–water partition coefficient (Wildman–Crippen LogP) is 4.33. The minimum atomic E-state index is -1.65. The van der Waals surface area contributed by atoms with Crippen molar-refractivity contribution < 1.29 is 28.2 Å². The molecule has 0 atom stereocenters. The van der Waals surface area contributed by atoms with Gasteiger partial charge in [-0.3, -0.25) is 4.79 Å². The van der Waals surface area contributed by atoms with Crippen LogP contribution >= 0.6 is 0 Å². The molecule has 0 spiro atoms. The van der Waals surface area contributed by atoms with Crippen molar-refractivity contribution in [1.29, 1.82) is 0 Å². The van der Waals surface area contributed by atoms with Crippen LogP contribution in [0.3, 0.4) is 0 Å². The van der Waals surface area contributed by atoms with Gasteiger partial charge in [0.25, 0.3) is 11.9 Å². The molecule has 0 aliphatic carbocycles. The summed E-state index contributed by atoms with van der Waals surface area (Å²) < 4.78 is 28.5. The lowest BCUT2D eigenvalue weighted by molar-refractivity contribution is 0.0990. The highest BCUT2D eigenvalue weighted by atomic mass is 28.3. The van der Waals surface area contributed by atoms with Gasteiger partial charge in [0.2, 0.25) is 17.7 Å². The van der Waals surface area contributed by atoms with Crippen LogP contribution in [0.15, 0.2) is 22.6 Å². The Morgan fingerprint density at radius 2 is 1.61 bits per heavy atom. The Kier molecular flexibility index (Phi) is 7.48. The average Bonchev–Trinajstić information content (AvgIpc) is 3.36. The van der Waals surface area contributed by atoms with E-state index in [9.17, 15) is 4.79 Å². The maximum Gasteiger partial charge on any atom is 0.291 e. The van der Waals surface area contributed by atoms with Crippen molar-refractivity contribution in [2.24, 2.45) is 0 Å². The number of carbonyl (C=O) groups is 1. The van der Waals surface area contributed by atoms with E-state index in [2.05, 4.69) is 59.8 Å². The molecular weight excluding hydrogens is 520 g/mol. The summed E-state index contributed by atoms with van der Waals surface area (Å²) in [6.45, 7) is 11.8. The third-order valence-corrected chi connectivity index (χ3v) is 14.8. The zero-order chi connectivity index (χ0) is 27.8. The number of hydrogen-bond acceptors (Lipinski definition) is 9. The van der Waals surface area contributed by atoms with E-state index in [1.807, 2.05) is 0 Å². The van der Waals surface area contributed by atoms with Crippen LogP contribution in [0, 0.1) is 6.92 Å². The molecule has 3 heterocycles. The van der Waals surface area contributed by atoms with Gasteiger partial charge >= 0.3 is 0 Å². The number of aromatic nitrogens is 2. The number of ether oxygens (including phenoxy) is 4. The number of nitrogens with one attached hydrogen (secondary N) is 2. The summed E-state index contributed by atoms with van der Waals surface area (Å²) in [6.07, 6.45) is 0. The molecule has 0 radical (unpaired) electrons. The monoisotopic (exact) mass is 556 g/mol. The number of fused-ring (bicyclic) bond motifs is 1. The molecule has 2 aromatic heterocycles. The molecule has 204 valence electrons. The van der Waals surface area contributed by atoms with Gasteiger partial charge in [0.15, 0.2) is 22.9 Å². The molecular formula is C26H36N4O6Si2. The fourth-order valence-electron chi connectivity index (χ4n) is 5.05. The summed E-state index contributed by atoms with van der Waals surface area (Å²) >= 11 is 0. The van der Waals surface area contributed by atoms with Crippen LogP contribution in [0.25, 0.3) is 0 Å². The number of hydrogen-bond donors (Lipinski definition) is 2. The lowest BCUT2D eigenvalue weighted by atomic mass is 10.2. The van der Waals surface area contributed by atoms with E-state index in [4.69, 9.17) is 23.4 Å². The fraction of sp³-hybridized carbons (Fsp3) is 0.423. The average molecular weight is 557 g/mol. The van der Waals surface area contributed by atoms with Crippen molar-refractivity contribution in [2.45, 2.75) is 45.2 Å². The molecule has 10 nitrogen and oxygen atoms in total. The van der Waals surface area contributed by atoms with Crippen LogP contribution in [0.5, 0.6) is 29.2 Å². The molecule has 1 aliphatic heterocycles. The highest BCUT2D eigenvalue weighted by molar-refractivity contribution is 7.03. The van der Waals surface area contributed by atoms with Gasteiger partial charge in [-0.05, 0) is 24.6 Å². The highest BCUT2D eigenvalue weighted by Crippen LogP contribution is 2.39. The maximum atomic E-state index is 13.1. The molecule has 12 heteroatoms. The van der Waals surface area contributed by atoms with Crippen molar-refractivity contribution in [3.63, 3.8) is 0 Å². The number of furan rings is 1. The summed E-state index contributed by atoms with van der Waals surface area (Å²) in [5, 5.41) is 8.47. The Balaban J connectivity index is 1.65. The number of nitrogens with zero attached hydrogens (tertiary/aromatic N) is 2. The van der Waals surface area contributed by atoms with Crippen molar-refractivity contribution >= 4 is 44.1 Å². The Hall–Kier alpha value is -3.52. The summed E-state index contributed by atoms with van der Waals surface area (Å²) in [4.78, 5) is 21.5. The quantitative estimate of drug-likeness (QED) is 0.391. The number of carbonyl (C=O) groups excluding carboxylic acids is 1. The predicted molar refractivity (Wildman–Crippen MR) is 153 cm³/mol. The second-order valence-corrected chi connectivity index (χ2v) is 20.2. The molecule has 38 heavy (non-hydrogen) atoms. The number of methoxy groups -OCH3 is 3. The maximum absolute atomic E-state index is 13.1. The van der Waals surface area contributed by atoms with Crippen molar-refractivity contribution in [3.8, 4) is 29.2 Å². The van der Waals surface area contributed by atoms with Crippen LogP contribution in [-0.2, 0) is 0 Å². The van der Waals surface area contributed by atoms with Crippen LogP contribution in [-0.4, -0.2) is 60.4 Å². The summed E-state index contributed by atoms with van der Waals surface area (Å²) in [6, 6.07) is 7.88. The third kappa shape index (κ3) is 4.97. The number of amides is 1. The van der Waals surface area contributed by atoms with Crippen LogP contribution < -0.4 is 40.0 Å². The second-order valence-electron chi connectivity index (χ2n) is 10.6. The van der Waals surface area contributed by atoms with Gasteiger partial charge in [-0.1, -0.05) is 48.6 Å². The van der Waals surface area contributed by atoms with Gasteiger partial charge in [0.05, 0.1) is 37.5 Å². The summed E-state index contributed by atoms with van der Waals surface area (Å²) in [7, 11) is 2.98. The van der Waals surface area contributed by atoms with E-state index in [1.165, 1.54) is 36.7 Å². The first-order valence-corrected chi connectivity index (χ1v) is 18.9. The molecule has 1 amide bonds. The Labute approximate surface area is 225 Å². The standard InChI is InChI=1S/C26H36N4O6Si2/c1-15-21(17(32-3)14-18-22(15)38(8,9)13-12-37(18,6)7)36-19-11-10-16(35-19)23(31)28-20-24(33-4)29-26(27-2)30-25(20)34-5/h10-11,14H,12-13H2,1-9H3,(H,28,31)(H,27,29,30). The first kappa shape index (κ1) is 27.5. The zero-order valence-electron chi connectivity index (χ0n) is 23.5.